The maximum absolute atomic E-state index is 11.8. The summed E-state index contributed by atoms with van der Waals surface area (Å²) in [5.41, 5.74) is 2.94. The van der Waals surface area contributed by atoms with E-state index in [1.54, 1.807) is 26.4 Å². The highest BCUT2D eigenvalue weighted by Gasteiger charge is 2.37. The van der Waals surface area contributed by atoms with Crippen LogP contribution in [0.5, 0.6) is 11.5 Å². The minimum atomic E-state index is -0.936. The van der Waals surface area contributed by atoms with Crippen molar-refractivity contribution >= 4 is 17.6 Å². The van der Waals surface area contributed by atoms with Crippen LogP contribution in [0.25, 0.3) is 0 Å². The van der Waals surface area contributed by atoms with Crippen LogP contribution in [0.2, 0.25) is 0 Å². The van der Waals surface area contributed by atoms with Gasteiger partial charge in [0.25, 0.3) is 0 Å². The van der Waals surface area contributed by atoms with E-state index in [4.69, 9.17) is 24.4 Å². The molecule has 0 heterocycles. The first kappa shape index (κ1) is 31.8. The predicted octanol–water partition coefficient (Wildman–Crippen LogP) is 5.60. The standard InChI is InChI=1S/C34H38N2O6/c1-25(9-8-12-29(35)24-41-33(38)22-21-32(37)36-2)23-42-34(26-10-6-5-7-11-26,27-13-17-30(39-3)18-14-27)28-15-19-31(40-4)20-16-28/h5-20,35H,21-24H2,1-4H3,(H,36,37)/b12-8-,25-9+,35-29?. The fraction of sp³-hybridized carbons (Fsp3) is 0.265. The van der Waals surface area contributed by atoms with Crippen LogP contribution >= 0.6 is 0 Å². The molecule has 3 aromatic carbocycles. The molecular weight excluding hydrogens is 532 g/mol. The van der Waals surface area contributed by atoms with Gasteiger partial charge in [0.05, 0.1) is 33.0 Å². The molecule has 0 saturated heterocycles. The largest absolute Gasteiger partial charge is 0.497 e. The number of amides is 1. The van der Waals surface area contributed by atoms with Gasteiger partial charge < -0.3 is 29.7 Å². The van der Waals surface area contributed by atoms with Crippen LogP contribution in [-0.2, 0) is 24.7 Å². The monoisotopic (exact) mass is 570 g/mol. The normalized spacial score (nSPS) is 11.7. The molecular formula is C34H38N2O6. The zero-order valence-corrected chi connectivity index (χ0v) is 24.5. The molecule has 0 saturated carbocycles. The lowest BCUT2D eigenvalue weighted by atomic mass is 9.80. The second kappa shape index (κ2) is 15.9. The summed E-state index contributed by atoms with van der Waals surface area (Å²) >= 11 is 0. The summed E-state index contributed by atoms with van der Waals surface area (Å²) in [6.07, 6.45) is 5.17. The highest BCUT2D eigenvalue weighted by atomic mass is 16.5. The zero-order valence-electron chi connectivity index (χ0n) is 24.5. The van der Waals surface area contributed by atoms with E-state index in [1.165, 1.54) is 7.05 Å². The molecule has 0 radical (unpaired) electrons. The molecule has 8 nitrogen and oxygen atoms in total. The minimum Gasteiger partial charge on any atom is -0.497 e. The highest BCUT2D eigenvalue weighted by Crippen LogP contribution is 2.41. The molecule has 0 aromatic heterocycles. The lowest BCUT2D eigenvalue weighted by Crippen LogP contribution is -2.33. The molecule has 1 amide bonds. The molecule has 2 N–H and O–H groups in total. The van der Waals surface area contributed by atoms with Crippen LogP contribution in [0, 0.1) is 5.41 Å². The third-order valence-corrected chi connectivity index (χ3v) is 6.59. The molecule has 42 heavy (non-hydrogen) atoms. The second-order valence-corrected chi connectivity index (χ2v) is 9.52. The predicted molar refractivity (Wildman–Crippen MR) is 163 cm³/mol. The van der Waals surface area contributed by atoms with E-state index in [-0.39, 0.29) is 31.1 Å². The first-order valence-corrected chi connectivity index (χ1v) is 13.6. The van der Waals surface area contributed by atoms with Gasteiger partial charge >= 0.3 is 5.97 Å². The molecule has 0 aliphatic carbocycles. The van der Waals surface area contributed by atoms with Crippen LogP contribution in [0.4, 0.5) is 0 Å². The average Bonchev–Trinajstić information content (AvgIpc) is 3.03. The van der Waals surface area contributed by atoms with Crippen LogP contribution in [-0.4, -0.2) is 52.1 Å². The van der Waals surface area contributed by atoms with E-state index >= 15 is 0 Å². The molecule has 3 rings (SSSR count). The second-order valence-electron chi connectivity index (χ2n) is 9.52. The molecule has 8 heteroatoms. The quantitative estimate of drug-likeness (QED) is 0.107. The molecule has 0 unspecified atom stereocenters. The van der Waals surface area contributed by atoms with Gasteiger partial charge in [-0.25, -0.2) is 0 Å². The van der Waals surface area contributed by atoms with Gasteiger partial charge in [-0.1, -0.05) is 66.7 Å². The maximum Gasteiger partial charge on any atom is 0.306 e. The number of methoxy groups -OCH3 is 2. The Labute approximate surface area is 247 Å². The number of hydrogen-bond donors (Lipinski definition) is 2. The van der Waals surface area contributed by atoms with Gasteiger partial charge in [-0.05, 0) is 59.5 Å². The van der Waals surface area contributed by atoms with Gasteiger partial charge in [0.2, 0.25) is 5.91 Å². The number of hydrogen-bond acceptors (Lipinski definition) is 7. The van der Waals surface area contributed by atoms with E-state index in [1.807, 2.05) is 91.9 Å². The summed E-state index contributed by atoms with van der Waals surface area (Å²) in [5.74, 6) is 0.735. The van der Waals surface area contributed by atoms with E-state index in [9.17, 15) is 9.59 Å². The number of allylic oxidation sites excluding steroid dienone is 2. The van der Waals surface area contributed by atoms with Gasteiger partial charge in [-0.15, -0.1) is 0 Å². The highest BCUT2D eigenvalue weighted by molar-refractivity contribution is 5.94. The number of benzene rings is 3. The summed E-state index contributed by atoms with van der Waals surface area (Å²) in [5, 5.41) is 10.5. The average molecular weight is 571 g/mol. The van der Waals surface area contributed by atoms with Crippen molar-refractivity contribution in [1.82, 2.24) is 5.32 Å². The number of nitrogens with one attached hydrogen (secondary N) is 2. The minimum absolute atomic E-state index is 0.0292. The Bertz CT molecular complexity index is 1330. The Kier molecular flexibility index (Phi) is 12.1. The zero-order chi connectivity index (χ0) is 30.4. The third kappa shape index (κ3) is 8.65. The van der Waals surface area contributed by atoms with Crippen LogP contribution < -0.4 is 14.8 Å². The van der Waals surface area contributed by atoms with Crippen molar-refractivity contribution in [2.45, 2.75) is 25.4 Å². The number of rotatable bonds is 15. The van der Waals surface area contributed by atoms with Crippen molar-refractivity contribution in [2.24, 2.45) is 0 Å². The Morgan fingerprint density at radius 2 is 1.36 bits per heavy atom. The van der Waals surface area contributed by atoms with Gasteiger partial charge in [0.1, 0.15) is 23.7 Å². The van der Waals surface area contributed by atoms with Crippen LogP contribution in [0.3, 0.4) is 0 Å². The Morgan fingerprint density at radius 1 is 0.810 bits per heavy atom. The van der Waals surface area contributed by atoms with E-state index in [0.29, 0.717) is 6.61 Å². The lowest BCUT2D eigenvalue weighted by Gasteiger charge is -2.36. The Balaban J connectivity index is 1.82. The van der Waals surface area contributed by atoms with Crippen molar-refractivity contribution in [3.8, 4) is 11.5 Å². The smallest absolute Gasteiger partial charge is 0.306 e. The van der Waals surface area contributed by atoms with Gasteiger partial charge in [0, 0.05) is 13.5 Å². The first-order valence-electron chi connectivity index (χ1n) is 13.6. The summed E-state index contributed by atoms with van der Waals surface area (Å²) < 4.78 is 22.7. The molecule has 0 atom stereocenters. The van der Waals surface area contributed by atoms with Gasteiger partial charge in [-0.2, -0.15) is 0 Å². The van der Waals surface area contributed by atoms with E-state index in [0.717, 1.165) is 33.8 Å². The number of ether oxygens (including phenoxy) is 4. The van der Waals surface area contributed by atoms with E-state index < -0.39 is 11.6 Å². The van der Waals surface area contributed by atoms with E-state index in [2.05, 4.69) is 5.32 Å². The van der Waals surface area contributed by atoms with Crippen molar-refractivity contribution < 1.29 is 28.5 Å². The Hall–Kier alpha value is -4.69. The topological polar surface area (TPSA) is 107 Å². The molecule has 0 bridgehead atoms. The third-order valence-electron chi connectivity index (χ3n) is 6.59. The summed E-state index contributed by atoms with van der Waals surface area (Å²) in [6.45, 7) is 2.07. The van der Waals surface area contributed by atoms with Gasteiger partial charge in [0.15, 0.2) is 0 Å². The van der Waals surface area contributed by atoms with Crippen LogP contribution in [0.15, 0.2) is 103 Å². The van der Waals surface area contributed by atoms with Crippen LogP contribution in [0.1, 0.15) is 36.5 Å². The molecule has 0 fully saturated rings. The fourth-order valence-corrected chi connectivity index (χ4v) is 4.29. The molecule has 220 valence electrons. The summed E-state index contributed by atoms with van der Waals surface area (Å²) in [7, 11) is 4.78. The Morgan fingerprint density at radius 3 is 1.88 bits per heavy atom. The van der Waals surface area contributed by atoms with Crippen molar-refractivity contribution in [3.05, 3.63) is 119 Å². The number of esters is 1. The lowest BCUT2D eigenvalue weighted by molar-refractivity contribution is -0.143. The number of carbonyl (C=O) groups excluding carboxylic acids is 2. The maximum atomic E-state index is 11.8. The molecule has 0 spiro atoms. The summed E-state index contributed by atoms with van der Waals surface area (Å²) in [6, 6.07) is 25.7. The van der Waals surface area contributed by atoms with Gasteiger partial charge in [-0.3, -0.25) is 9.59 Å². The summed E-state index contributed by atoms with van der Waals surface area (Å²) in [4.78, 5) is 23.1. The molecule has 0 aliphatic rings. The van der Waals surface area contributed by atoms with Crippen molar-refractivity contribution in [3.63, 3.8) is 0 Å². The number of carbonyl (C=O) groups is 2. The SMILES string of the molecule is CNC(=O)CCC(=O)OCC(=N)/C=C\C=C(/C)COC(c1ccccc1)(c1ccc(OC)cc1)c1ccc(OC)cc1. The van der Waals surface area contributed by atoms with Crippen molar-refractivity contribution in [1.29, 1.82) is 5.41 Å². The molecule has 0 aliphatic heterocycles. The van der Waals surface area contributed by atoms with Crippen molar-refractivity contribution in [2.75, 3.05) is 34.5 Å². The molecule has 3 aromatic rings. The first-order chi connectivity index (χ1) is 20.3. The fourth-order valence-electron chi connectivity index (χ4n) is 4.29.